The molecule has 1 amide bonds. The van der Waals surface area contributed by atoms with Crippen LogP contribution in [-0.4, -0.2) is 49.9 Å². The van der Waals surface area contributed by atoms with Gasteiger partial charge in [0.1, 0.15) is 17.1 Å². The summed E-state index contributed by atoms with van der Waals surface area (Å²) < 4.78 is 16.1. The Bertz CT molecular complexity index is 561. The van der Waals surface area contributed by atoms with Crippen LogP contribution in [-0.2, 0) is 4.74 Å². The lowest BCUT2D eigenvalue weighted by Gasteiger charge is -2.37. The first-order valence-corrected chi connectivity index (χ1v) is 8.20. The Morgan fingerprint density at radius 3 is 2.21 bits per heavy atom. The van der Waals surface area contributed by atoms with Gasteiger partial charge in [-0.2, -0.15) is 0 Å². The molecule has 6 heteroatoms. The van der Waals surface area contributed by atoms with Crippen LogP contribution in [0.25, 0.3) is 0 Å². The molecule has 0 bridgehead atoms. The van der Waals surface area contributed by atoms with Crippen LogP contribution >= 0.6 is 0 Å². The van der Waals surface area contributed by atoms with Crippen molar-refractivity contribution < 1.29 is 19.0 Å². The number of methoxy groups -OCH3 is 2. The third-order valence-electron chi connectivity index (χ3n) is 4.11. The highest BCUT2D eigenvalue weighted by Gasteiger charge is 2.32. The summed E-state index contributed by atoms with van der Waals surface area (Å²) in [5.74, 6) is 1.63. The molecule has 0 spiro atoms. The Labute approximate surface area is 143 Å². The fraction of sp³-hybridized carbons (Fsp3) is 0.611. The van der Waals surface area contributed by atoms with E-state index < -0.39 is 5.60 Å². The number of benzene rings is 1. The molecule has 1 heterocycles. The lowest BCUT2D eigenvalue weighted by atomic mass is 9.85. The Kier molecular flexibility index (Phi) is 5.59. The van der Waals surface area contributed by atoms with Crippen LogP contribution in [0.3, 0.4) is 0 Å². The summed E-state index contributed by atoms with van der Waals surface area (Å²) in [5.41, 5.74) is 6.92. The predicted molar refractivity (Wildman–Crippen MR) is 92.7 cm³/mol. The molecule has 0 aromatic heterocycles. The van der Waals surface area contributed by atoms with Crippen molar-refractivity contribution in [1.82, 2.24) is 4.90 Å². The van der Waals surface area contributed by atoms with E-state index in [2.05, 4.69) is 0 Å². The zero-order valence-corrected chi connectivity index (χ0v) is 15.2. The molecule has 6 nitrogen and oxygen atoms in total. The number of hydrogen-bond acceptors (Lipinski definition) is 5. The Morgan fingerprint density at radius 1 is 1.17 bits per heavy atom. The molecule has 0 unspecified atom stereocenters. The number of carbonyl (C=O) groups is 1. The average Bonchev–Trinajstić information content (AvgIpc) is 2.52. The largest absolute Gasteiger partial charge is 0.497 e. The predicted octanol–water partition coefficient (Wildman–Crippen LogP) is 2.76. The van der Waals surface area contributed by atoms with Crippen molar-refractivity contribution >= 4 is 6.09 Å². The summed E-state index contributed by atoms with van der Waals surface area (Å²) in [5, 5.41) is 0. The lowest BCUT2D eigenvalue weighted by molar-refractivity contribution is 0.0186. The zero-order chi connectivity index (χ0) is 17.9. The molecule has 1 aromatic rings. The third kappa shape index (κ3) is 4.54. The summed E-state index contributed by atoms with van der Waals surface area (Å²) >= 11 is 0. The molecule has 1 aromatic carbocycles. The number of likely N-dealkylation sites (tertiary alicyclic amines) is 1. The highest BCUT2D eigenvalue weighted by atomic mass is 16.6. The number of amides is 1. The first-order chi connectivity index (χ1) is 11.2. The molecule has 0 radical (unpaired) electrons. The van der Waals surface area contributed by atoms with E-state index >= 15 is 0 Å². The summed E-state index contributed by atoms with van der Waals surface area (Å²) in [6, 6.07) is 5.64. The second-order valence-electron chi connectivity index (χ2n) is 7.13. The topological polar surface area (TPSA) is 74.0 Å². The van der Waals surface area contributed by atoms with Gasteiger partial charge in [-0.3, -0.25) is 0 Å². The number of nitrogens with zero attached hydrogens (tertiary/aromatic N) is 1. The van der Waals surface area contributed by atoms with E-state index in [0.29, 0.717) is 13.1 Å². The van der Waals surface area contributed by atoms with Crippen molar-refractivity contribution in [1.29, 1.82) is 0 Å². The first-order valence-electron chi connectivity index (χ1n) is 8.20. The van der Waals surface area contributed by atoms with E-state index in [1.807, 2.05) is 39.0 Å². The number of nitrogens with two attached hydrogens (primary N) is 1. The van der Waals surface area contributed by atoms with Gasteiger partial charge in [0.2, 0.25) is 0 Å². The normalized spacial score (nSPS) is 21.3. The van der Waals surface area contributed by atoms with Crippen molar-refractivity contribution in [2.24, 2.45) is 5.73 Å². The van der Waals surface area contributed by atoms with E-state index in [9.17, 15) is 4.79 Å². The number of carbonyl (C=O) groups excluding carboxylic acids is 1. The summed E-state index contributed by atoms with van der Waals surface area (Å²) in [6.45, 7) is 6.67. The molecule has 2 N–H and O–H groups in total. The Balaban J connectivity index is 2.10. The standard InChI is InChI=1S/C18H28N2O4/c1-18(2,3)24-17(21)20-7-6-15(16(19)11-20)12-8-13(22-4)10-14(9-12)23-5/h8-10,15-16H,6-7,11,19H2,1-5H3/t15-,16-/m0/s1. The molecule has 1 aliphatic heterocycles. The highest BCUT2D eigenvalue weighted by Crippen LogP contribution is 2.33. The molecule has 1 fully saturated rings. The number of rotatable bonds is 3. The molecule has 134 valence electrons. The van der Waals surface area contributed by atoms with Crippen LogP contribution in [0.15, 0.2) is 18.2 Å². The third-order valence-corrected chi connectivity index (χ3v) is 4.11. The van der Waals surface area contributed by atoms with Crippen LogP contribution in [0.2, 0.25) is 0 Å². The zero-order valence-electron chi connectivity index (χ0n) is 15.2. The molecule has 1 aliphatic rings. The van der Waals surface area contributed by atoms with Crippen LogP contribution in [0.1, 0.15) is 38.7 Å². The molecular weight excluding hydrogens is 308 g/mol. The monoisotopic (exact) mass is 336 g/mol. The smallest absolute Gasteiger partial charge is 0.410 e. The molecule has 1 saturated heterocycles. The van der Waals surface area contributed by atoms with Gasteiger partial charge in [-0.05, 0) is 44.9 Å². The Hall–Kier alpha value is -1.95. The SMILES string of the molecule is COc1cc(OC)cc([C@@H]2CCN(C(=O)OC(C)(C)C)C[C@@H]2N)c1. The van der Waals surface area contributed by atoms with Gasteiger partial charge in [-0.25, -0.2) is 4.79 Å². The maximum absolute atomic E-state index is 12.2. The van der Waals surface area contributed by atoms with Crippen LogP contribution in [0.4, 0.5) is 4.79 Å². The highest BCUT2D eigenvalue weighted by molar-refractivity contribution is 5.68. The fourth-order valence-electron chi connectivity index (χ4n) is 2.93. The van der Waals surface area contributed by atoms with Gasteiger partial charge in [0.25, 0.3) is 0 Å². The van der Waals surface area contributed by atoms with E-state index in [-0.39, 0.29) is 18.1 Å². The molecule has 2 atom stereocenters. The fourth-order valence-corrected chi connectivity index (χ4v) is 2.93. The summed E-state index contributed by atoms with van der Waals surface area (Å²) in [4.78, 5) is 13.9. The molecule has 0 aliphatic carbocycles. The minimum Gasteiger partial charge on any atom is -0.497 e. The summed E-state index contributed by atoms with van der Waals surface area (Å²) in [6.07, 6.45) is 0.469. The van der Waals surface area contributed by atoms with Crippen molar-refractivity contribution in [2.75, 3.05) is 27.3 Å². The van der Waals surface area contributed by atoms with E-state index in [1.165, 1.54) is 0 Å². The van der Waals surface area contributed by atoms with E-state index in [1.54, 1.807) is 19.1 Å². The van der Waals surface area contributed by atoms with Crippen LogP contribution in [0.5, 0.6) is 11.5 Å². The van der Waals surface area contributed by atoms with Gasteiger partial charge < -0.3 is 24.8 Å². The molecule has 24 heavy (non-hydrogen) atoms. The van der Waals surface area contributed by atoms with Crippen LogP contribution < -0.4 is 15.2 Å². The van der Waals surface area contributed by atoms with Gasteiger partial charge in [0.05, 0.1) is 14.2 Å². The van der Waals surface area contributed by atoms with Crippen LogP contribution in [0, 0.1) is 0 Å². The molecule has 0 saturated carbocycles. The van der Waals surface area contributed by atoms with Gasteiger partial charge >= 0.3 is 6.09 Å². The maximum atomic E-state index is 12.2. The van der Waals surface area contributed by atoms with E-state index in [4.69, 9.17) is 19.9 Å². The second-order valence-corrected chi connectivity index (χ2v) is 7.13. The minimum atomic E-state index is -0.502. The van der Waals surface area contributed by atoms with Gasteiger partial charge in [-0.1, -0.05) is 0 Å². The van der Waals surface area contributed by atoms with E-state index in [0.717, 1.165) is 23.5 Å². The quantitative estimate of drug-likeness (QED) is 0.919. The van der Waals surface area contributed by atoms with Crippen molar-refractivity contribution in [2.45, 2.75) is 44.8 Å². The van der Waals surface area contributed by atoms with Crippen molar-refractivity contribution in [3.8, 4) is 11.5 Å². The molecular formula is C18H28N2O4. The first kappa shape index (κ1) is 18.4. The molecule has 2 rings (SSSR count). The van der Waals surface area contributed by atoms with Gasteiger partial charge in [0, 0.05) is 31.1 Å². The maximum Gasteiger partial charge on any atom is 0.410 e. The number of hydrogen-bond donors (Lipinski definition) is 1. The average molecular weight is 336 g/mol. The lowest BCUT2D eigenvalue weighted by Crippen LogP contribution is -2.50. The van der Waals surface area contributed by atoms with Gasteiger partial charge in [0.15, 0.2) is 0 Å². The number of piperidine rings is 1. The van der Waals surface area contributed by atoms with Crippen molar-refractivity contribution in [3.05, 3.63) is 23.8 Å². The second kappa shape index (κ2) is 7.30. The Morgan fingerprint density at radius 2 is 1.75 bits per heavy atom. The van der Waals surface area contributed by atoms with Crippen molar-refractivity contribution in [3.63, 3.8) is 0 Å². The minimum absolute atomic E-state index is 0.146. The summed E-state index contributed by atoms with van der Waals surface area (Å²) in [7, 11) is 3.26. The van der Waals surface area contributed by atoms with Gasteiger partial charge in [-0.15, -0.1) is 0 Å². The number of ether oxygens (including phenoxy) is 3.